The number of halogens is 2. The Hall–Kier alpha value is -1.27. The number of amides is 1. The van der Waals surface area contributed by atoms with E-state index in [2.05, 4.69) is 5.32 Å². The van der Waals surface area contributed by atoms with E-state index in [4.69, 9.17) is 16.7 Å². The first-order valence-corrected chi connectivity index (χ1v) is 7.45. The fourth-order valence-corrected chi connectivity index (χ4v) is 2.81. The molecule has 0 aliphatic rings. The van der Waals surface area contributed by atoms with Gasteiger partial charge >= 0.3 is 5.97 Å². The molecule has 1 rings (SSSR count). The number of hydrogen-bond acceptors (Lipinski definition) is 3. The third kappa shape index (κ3) is 5.79. The summed E-state index contributed by atoms with van der Waals surface area (Å²) in [5.41, 5.74) is 0.670. The molecule has 7 heteroatoms. The number of nitrogens with one attached hydrogen (secondary N) is 1. The molecule has 0 bridgehead atoms. The van der Waals surface area contributed by atoms with E-state index in [-0.39, 0.29) is 11.7 Å². The highest BCUT2D eigenvalue weighted by atomic mass is 35.5. The lowest BCUT2D eigenvalue weighted by Gasteiger charge is -2.12. The monoisotopic (exact) mass is 319 g/mol. The van der Waals surface area contributed by atoms with E-state index < -0.39 is 12.0 Å². The quantitative estimate of drug-likeness (QED) is 0.758. The van der Waals surface area contributed by atoms with Crippen LogP contribution in [0.2, 0.25) is 5.02 Å². The number of aliphatic carboxylic acids is 1. The molecule has 1 aromatic carbocycles. The Balaban J connectivity index is 2.42. The maximum Gasteiger partial charge on any atom is 0.326 e. The van der Waals surface area contributed by atoms with Gasteiger partial charge < -0.3 is 10.4 Å². The maximum absolute atomic E-state index is 13.0. The van der Waals surface area contributed by atoms with Gasteiger partial charge in [0.15, 0.2) is 0 Å². The van der Waals surface area contributed by atoms with E-state index in [9.17, 15) is 14.0 Å². The predicted molar refractivity (Wildman–Crippen MR) is 77.4 cm³/mol. The highest BCUT2D eigenvalue weighted by molar-refractivity contribution is 7.98. The van der Waals surface area contributed by atoms with Crippen LogP contribution in [-0.2, 0) is 15.3 Å². The third-order valence-corrected chi connectivity index (χ3v) is 3.90. The number of rotatable bonds is 7. The summed E-state index contributed by atoms with van der Waals surface area (Å²) in [6, 6.07) is 3.23. The van der Waals surface area contributed by atoms with Crippen molar-refractivity contribution in [1.82, 2.24) is 5.32 Å². The minimum Gasteiger partial charge on any atom is -0.480 e. The largest absolute Gasteiger partial charge is 0.480 e. The molecule has 0 aromatic heterocycles. The number of carbonyl (C=O) groups is 2. The van der Waals surface area contributed by atoms with Crippen molar-refractivity contribution in [2.75, 3.05) is 5.75 Å². The number of carboxylic acid groups (broad SMARTS) is 1. The van der Waals surface area contributed by atoms with Gasteiger partial charge in [-0.25, -0.2) is 9.18 Å². The van der Waals surface area contributed by atoms with Gasteiger partial charge in [-0.2, -0.15) is 11.8 Å². The van der Waals surface area contributed by atoms with Gasteiger partial charge in [0.1, 0.15) is 11.9 Å². The zero-order valence-electron chi connectivity index (χ0n) is 10.9. The molecule has 0 saturated carbocycles. The van der Waals surface area contributed by atoms with Crippen molar-refractivity contribution in [3.63, 3.8) is 0 Å². The van der Waals surface area contributed by atoms with E-state index in [1.165, 1.54) is 36.9 Å². The Kier molecular flexibility index (Phi) is 6.81. The molecule has 1 aromatic rings. The first-order valence-electron chi connectivity index (χ1n) is 5.91. The number of carbonyl (C=O) groups excluding carboxylic acids is 1. The van der Waals surface area contributed by atoms with Crippen LogP contribution < -0.4 is 5.32 Å². The van der Waals surface area contributed by atoms with Gasteiger partial charge in [-0.3, -0.25) is 4.79 Å². The first kappa shape index (κ1) is 16.8. The standard InChI is InChI=1S/C13H15ClFNO3S/c1-8(17)16-12(13(18)19)4-5-20-7-9-6-10(15)2-3-11(9)14/h2-3,6,12H,4-5,7H2,1H3,(H,16,17)(H,18,19). The summed E-state index contributed by atoms with van der Waals surface area (Å²) in [5.74, 6) is -0.792. The Morgan fingerprint density at radius 1 is 1.50 bits per heavy atom. The van der Waals surface area contributed by atoms with Crippen molar-refractivity contribution in [2.24, 2.45) is 0 Å². The van der Waals surface area contributed by atoms with Gasteiger partial charge in [0, 0.05) is 17.7 Å². The highest BCUT2D eigenvalue weighted by Crippen LogP contribution is 2.22. The van der Waals surface area contributed by atoms with Crippen LogP contribution in [-0.4, -0.2) is 28.8 Å². The average molecular weight is 320 g/mol. The molecule has 0 saturated heterocycles. The third-order valence-electron chi connectivity index (χ3n) is 2.49. The lowest BCUT2D eigenvalue weighted by Crippen LogP contribution is -2.39. The topological polar surface area (TPSA) is 66.4 Å². The molecule has 110 valence electrons. The molecular weight excluding hydrogens is 305 g/mol. The molecule has 0 spiro atoms. The number of thioether (sulfide) groups is 1. The van der Waals surface area contributed by atoms with Crippen molar-refractivity contribution >= 4 is 35.2 Å². The van der Waals surface area contributed by atoms with Crippen LogP contribution in [0.4, 0.5) is 4.39 Å². The Labute approximate surface area is 125 Å². The Morgan fingerprint density at radius 2 is 2.20 bits per heavy atom. The van der Waals surface area contributed by atoms with Crippen LogP contribution in [0.15, 0.2) is 18.2 Å². The van der Waals surface area contributed by atoms with Crippen LogP contribution >= 0.6 is 23.4 Å². The second kappa shape index (κ2) is 8.11. The van der Waals surface area contributed by atoms with Crippen molar-refractivity contribution in [2.45, 2.75) is 25.1 Å². The fourth-order valence-electron chi connectivity index (χ4n) is 1.54. The van der Waals surface area contributed by atoms with Gasteiger partial charge in [-0.15, -0.1) is 0 Å². The van der Waals surface area contributed by atoms with Crippen LogP contribution in [0.3, 0.4) is 0 Å². The second-order valence-corrected chi connectivity index (χ2v) is 5.68. The smallest absolute Gasteiger partial charge is 0.326 e. The summed E-state index contributed by atoms with van der Waals surface area (Å²) < 4.78 is 13.0. The lowest BCUT2D eigenvalue weighted by atomic mass is 10.2. The normalized spacial score (nSPS) is 11.9. The first-order chi connectivity index (χ1) is 9.40. The number of carboxylic acids is 1. The van der Waals surface area contributed by atoms with Crippen LogP contribution in [0.1, 0.15) is 18.9 Å². The summed E-state index contributed by atoms with van der Waals surface area (Å²) >= 11 is 7.36. The molecule has 0 aliphatic heterocycles. The lowest BCUT2D eigenvalue weighted by molar-refractivity contribution is -0.141. The zero-order chi connectivity index (χ0) is 15.1. The molecule has 1 unspecified atom stereocenters. The van der Waals surface area contributed by atoms with Gasteiger partial charge in [0.2, 0.25) is 5.91 Å². The number of benzene rings is 1. The van der Waals surface area contributed by atoms with E-state index in [0.717, 1.165) is 0 Å². The molecule has 2 N–H and O–H groups in total. The summed E-state index contributed by atoms with van der Waals surface area (Å²) in [6.07, 6.45) is 0.298. The molecule has 1 amide bonds. The van der Waals surface area contributed by atoms with Crippen molar-refractivity contribution < 1.29 is 19.1 Å². The summed E-state index contributed by atoms with van der Waals surface area (Å²) in [7, 11) is 0. The Bertz CT molecular complexity index is 499. The molecule has 0 fully saturated rings. The molecule has 0 heterocycles. The minimum absolute atomic E-state index is 0.298. The highest BCUT2D eigenvalue weighted by Gasteiger charge is 2.17. The van der Waals surface area contributed by atoms with Crippen LogP contribution in [0.25, 0.3) is 0 Å². The van der Waals surface area contributed by atoms with Gasteiger partial charge in [0.25, 0.3) is 0 Å². The molecule has 4 nitrogen and oxygen atoms in total. The van der Waals surface area contributed by atoms with E-state index >= 15 is 0 Å². The second-order valence-electron chi connectivity index (χ2n) is 4.17. The zero-order valence-corrected chi connectivity index (χ0v) is 12.4. The molecule has 20 heavy (non-hydrogen) atoms. The maximum atomic E-state index is 13.0. The van der Waals surface area contributed by atoms with Crippen LogP contribution in [0.5, 0.6) is 0 Å². The molecule has 1 atom stereocenters. The van der Waals surface area contributed by atoms with Gasteiger partial charge in [-0.1, -0.05) is 11.6 Å². The molecule has 0 aliphatic carbocycles. The van der Waals surface area contributed by atoms with Crippen LogP contribution in [0, 0.1) is 5.82 Å². The Morgan fingerprint density at radius 3 is 2.80 bits per heavy atom. The number of hydrogen-bond donors (Lipinski definition) is 2. The van der Waals surface area contributed by atoms with Gasteiger partial charge in [0.05, 0.1) is 0 Å². The predicted octanol–water partition coefficient (Wildman–Crippen LogP) is 2.69. The van der Waals surface area contributed by atoms with E-state index in [0.29, 0.717) is 28.5 Å². The summed E-state index contributed by atoms with van der Waals surface area (Å²) in [5, 5.41) is 11.8. The summed E-state index contributed by atoms with van der Waals surface area (Å²) in [6.45, 7) is 1.27. The van der Waals surface area contributed by atoms with E-state index in [1.54, 1.807) is 0 Å². The van der Waals surface area contributed by atoms with E-state index in [1.807, 2.05) is 0 Å². The fraction of sp³-hybridized carbons (Fsp3) is 0.385. The van der Waals surface area contributed by atoms with Crippen molar-refractivity contribution in [1.29, 1.82) is 0 Å². The SMILES string of the molecule is CC(=O)NC(CCSCc1cc(F)ccc1Cl)C(=O)O. The van der Waals surface area contributed by atoms with Crippen molar-refractivity contribution in [3.05, 3.63) is 34.6 Å². The minimum atomic E-state index is -1.07. The molecular formula is C13H15ClFNO3S. The average Bonchev–Trinajstić information content (AvgIpc) is 2.36. The van der Waals surface area contributed by atoms with Gasteiger partial charge in [-0.05, 0) is 35.9 Å². The molecule has 0 radical (unpaired) electrons. The summed E-state index contributed by atoms with van der Waals surface area (Å²) in [4.78, 5) is 21.8. The van der Waals surface area contributed by atoms with Crippen molar-refractivity contribution in [3.8, 4) is 0 Å².